The number of hydrogen-bond donors (Lipinski definition) is 0. The molecular weight excluding hydrogens is 284 g/mol. The van der Waals surface area contributed by atoms with Crippen molar-refractivity contribution >= 4 is 11.6 Å². The van der Waals surface area contributed by atoms with Crippen LogP contribution in [0.2, 0.25) is 0 Å². The average Bonchev–Trinajstić information content (AvgIpc) is 3.10. The topological polar surface area (TPSA) is 18.5 Å². The average molecular weight is 309 g/mol. The van der Waals surface area contributed by atoms with Crippen molar-refractivity contribution in [3.05, 3.63) is 24.3 Å². The van der Waals surface area contributed by atoms with Crippen molar-refractivity contribution in [3.63, 3.8) is 0 Å². The van der Waals surface area contributed by atoms with E-state index in [0.717, 1.165) is 42.2 Å². The zero-order valence-electron chi connectivity index (χ0n) is 12.8. The van der Waals surface area contributed by atoms with Gasteiger partial charge in [-0.15, -0.1) is 11.6 Å². The van der Waals surface area contributed by atoms with Gasteiger partial charge in [0.2, 0.25) is 0 Å². The molecular formula is C18H25ClO2. The van der Waals surface area contributed by atoms with Gasteiger partial charge in [0.1, 0.15) is 0 Å². The van der Waals surface area contributed by atoms with E-state index in [9.17, 15) is 0 Å². The van der Waals surface area contributed by atoms with E-state index in [4.69, 9.17) is 21.1 Å². The van der Waals surface area contributed by atoms with Crippen LogP contribution in [0.4, 0.5) is 0 Å². The molecule has 2 saturated carbocycles. The van der Waals surface area contributed by atoms with Crippen LogP contribution in [0.1, 0.15) is 39.0 Å². The molecule has 2 aliphatic carbocycles. The SMILES string of the molecule is CCOc1ccccc1OCCC1(CCl)CC2CCC1C2. The summed E-state index contributed by atoms with van der Waals surface area (Å²) in [4.78, 5) is 0. The fourth-order valence-electron chi connectivity index (χ4n) is 4.30. The molecule has 0 saturated heterocycles. The number of hydrogen-bond acceptors (Lipinski definition) is 2. The molecule has 2 nitrogen and oxygen atoms in total. The zero-order valence-corrected chi connectivity index (χ0v) is 13.6. The van der Waals surface area contributed by atoms with E-state index in [-0.39, 0.29) is 0 Å². The van der Waals surface area contributed by atoms with Gasteiger partial charge in [0.05, 0.1) is 13.2 Å². The smallest absolute Gasteiger partial charge is 0.161 e. The van der Waals surface area contributed by atoms with Crippen LogP contribution < -0.4 is 9.47 Å². The molecule has 0 N–H and O–H groups in total. The molecule has 1 aromatic carbocycles. The number of para-hydroxylation sites is 2. The Kier molecular flexibility index (Phi) is 4.63. The molecule has 0 spiro atoms. The van der Waals surface area contributed by atoms with Gasteiger partial charge >= 0.3 is 0 Å². The highest BCUT2D eigenvalue weighted by molar-refractivity contribution is 6.18. The van der Waals surface area contributed by atoms with Gasteiger partial charge in [-0.1, -0.05) is 18.6 Å². The van der Waals surface area contributed by atoms with Crippen LogP contribution in [0.5, 0.6) is 11.5 Å². The second-order valence-electron chi connectivity index (χ2n) is 6.55. The van der Waals surface area contributed by atoms with Gasteiger partial charge in [0.25, 0.3) is 0 Å². The Morgan fingerprint density at radius 2 is 1.95 bits per heavy atom. The number of alkyl halides is 1. The first kappa shape index (κ1) is 15.0. The number of fused-ring (bicyclic) bond motifs is 2. The molecule has 116 valence electrons. The van der Waals surface area contributed by atoms with E-state index in [2.05, 4.69) is 0 Å². The van der Waals surface area contributed by atoms with Crippen molar-refractivity contribution < 1.29 is 9.47 Å². The summed E-state index contributed by atoms with van der Waals surface area (Å²) in [6.07, 6.45) is 6.54. The highest BCUT2D eigenvalue weighted by Gasteiger charge is 2.49. The van der Waals surface area contributed by atoms with E-state index >= 15 is 0 Å². The van der Waals surface area contributed by atoms with Gasteiger partial charge in [-0.05, 0) is 62.0 Å². The van der Waals surface area contributed by atoms with Crippen molar-refractivity contribution in [2.75, 3.05) is 19.1 Å². The van der Waals surface area contributed by atoms with Crippen molar-refractivity contribution in [2.45, 2.75) is 39.0 Å². The molecule has 0 heterocycles. The van der Waals surface area contributed by atoms with Crippen LogP contribution in [0.15, 0.2) is 24.3 Å². The number of benzene rings is 1. The van der Waals surface area contributed by atoms with Crippen molar-refractivity contribution in [1.29, 1.82) is 0 Å². The summed E-state index contributed by atoms with van der Waals surface area (Å²) >= 11 is 6.34. The van der Waals surface area contributed by atoms with Gasteiger partial charge < -0.3 is 9.47 Å². The van der Waals surface area contributed by atoms with E-state index in [1.54, 1.807) is 0 Å². The van der Waals surface area contributed by atoms with Crippen LogP contribution in [-0.2, 0) is 0 Å². The first-order valence-corrected chi connectivity index (χ1v) is 8.71. The highest BCUT2D eigenvalue weighted by Crippen LogP contribution is 2.58. The minimum atomic E-state index is 0.324. The van der Waals surface area contributed by atoms with E-state index in [1.807, 2.05) is 31.2 Å². The van der Waals surface area contributed by atoms with Gasteiger partial charge in [-0.3, -0.25) is 0 Å². The molecule has 1 aromatic rings. The van der Waals surface area contributed by atoms with Crippen molar-refractivity contribution in [2.24, 2.45) is 17.3 Å². The second-order valence-corrected chi connectivity index (χ2v) is 6.82. The largest absolute Gasteiger partial charge is 0.490 e. The molecule has 3 unspecified atom stereocenters. The number of rotatable bonds is 7. The third-order valence-electron chi connectivity index (χ3n) is 5.38. The first-order valence-electron chi connectivity index (χ1n) is 8.18. The molecule has 2 fully saturated rings. The molecule has 3 atom stereocenters. The lowest BCUT2D eigenvalue weighted by atomic mass is 9.72. The Balaban J connectivity index is 1.58. The minimum Gasteiger partial charge on any atom is -0.490 e. The highest BCUT2D eigenvalue weighted by atomic mass is 35.5. The molecule has 2 aliphatic rings. The fourth-order valence-corrected chi connectivity index (χ4v) is 4.76. The molecule has 21 heavy (non-hydrogen) atoms. The fraction of sp³-hybridized carbons (Fsp3) is 0.667. The van der Waals surface area contributed by atoms with Crippen molar-refractivity contribution in [3.8, 4) is 11.5 Å². The molecule has 2 bridgehead atoms. The molecule has 0 aromatic heterocycles. The predicted octanol–water partition coefficient (Wildman–Crippen LogP) is 4.90. The first-order chi connectivity index (χ1) is 10.3. The predicted molar refractivity (Wildman–Crippen MR) is 86.3 cm³/mol. The lowest BCUT2D eigenvalue weighted by Crippen LogP contribution is -2.31. The standard InChI is InChI=1S/C18H25ClO2/c1-2-20-16-5-3-4-6-17(16)21-10-9-18(13-19)12-14-7-8-15(18)11-14/h3-6,14-15H,2,7-13H2,1H3. The molecule has 0 aliphatic heterocycles. The summed E-state index contributed by atoms with van der Waals surface area (Å²) in [5, 5.41) is 0. The maximum atomic E-state index is 6.34. The van der Waals surface area contributed by atoms with Crippen LogP contribution in [0.25, 0.3) is 0 Å². The van der Waals surface area contributed by atoms with Crippen LogP contribution in [0, 0.1) is 17.3 Å². The summed E-state index contributed by atoms with van der Waals surface area (Å²) in [6.45, 7) is 3.39. The summed E-state index contributed by atoms with van der Waals surface area (Å²) in [6, 6.07) is 7.92. The summed E-state index contributed by atoms with van der Waals surface area (Å²) < 4.78 is 11.6. The molecule has 0 amide bonds. The second kappa shape index (κ2) is 6.48. The Bertz CT molecular complexity index is 476. The van der Waals surface area contributed by atoms with Gasteiger partial charge in [0.15, 0.2) is 11.5 Å². The van der Waals surface area contributed by atoms with Crippen LogP contribution >= 0.6 is 11.6 Å². The molecule has 3 rings (SSSR count). The maximum absolute atomic E-state index is 6.34. The zero-order chi connectivity index (χ0) is 14.7. The number of ether oxygens (including phenoxy) is 2. The Morgan fingerprint density at radius 3 is 2.52 bits per heavy atom. The normalized spacial score (nSPS) is 30.6. The maximum Gasteiger partial charge on any atom is 0.161 e. The summed E-state index contributed by atoms with van der Waals surface area (Å²) in [5.41, 5.74) is 0.324. The summed E-state index contributed by atoms with van der Waals surface area (Å²) in [5.74, 6) is 4.22. The monoisotopic (exact) mass is 308 g/mol. The van der Waals surface area contributed by atoms with Gasteiger partial charge in [-0.2, -0.15) is 0 Å². The Hall–Kier alpha value is -0.890. The third kappa shape index (κ3) is 3.01. The van der Waals surface area contributed by atoms with E-state index in [1.165, 1.54) is 25.7 Å². The van der Waals surface area contributed by atoms with Crippen molar-refractivity contribution in [1.82, 2.24) is 0 Å². The summed E-state index contributed by atoms with van der Waals surface area (Å²) in [7, 11) is 0. The van der Waals surface area contributed by atoms with Crippen LogP contribution in [-0.4, -0.2) is 19.1 Å². The lowest BCUT2D eigenvalue weighted by Gasteiger charge is -2.36. The number of halogens is 1. The van der Waals surface area contributed by atoms with Gasteiger partial charge in [0, 0.05) is 5.88 Å². The Labute approximate surface area is 132 Å². The van der Waals surface area contributed by atoms with E-state index < -0.39 is 0 Å². The third-order valence-corrected chi connectivity index (χ3v) is 5.91. The molecule has 0 radical (unpaired) electrons. The Morgan fingerprint density at radius 1 is 1.19 bits per heavy atom. The van der Waals surface area contributed by atoms with Crippen LogP contribution in [0.3, 0.4) is 0 Å². The lowest BCUT2D eigenvalue weighted by molar-refractivity contribution is 0.139. The van der Waals surface area contributed by atoms with Gasteiger partial charge in [-0.25, -0.2) is 0 Å². The molecule has 3 heteroatoms. The van der Waals surface area contributed by atoms with E-state index in [0.29, 0.717) is 12.0 Å². The minimum absolute atomic E-state index is 0.324. The quantitative estimate of drug-likeness (QED) is 0.667.